The zero-order chi connectivity index (χ0) is 15.1. The number of hydrogen-bond acceptors (Lipinski definition) is 6. The highest BCUT2D eigenvalue weighted by molar-refractivity contribution is 5.28. The number of nitrogens with one attached hydrogen (secondary N) is 1. The molecule has 6 nitrogen and oxygen atoms in total. The van der Waals surface area contributed by atoms with E-state index in [9.17, 15) is 0 Å². The summed E-state index contributed by atoms with van der Waals surface area (Å²) in [6.07, 6.45) is 6.06. The highest BCUT2D eigenvalue weighted by atomic mass is 16.5. The second-order valence-electron chi connectivity index (χ2n) is 5.28. The lowest BCUT2D eigenvalue weighted by atomic mass is 9.83. The highest BCUT2D eigenvalue weighted by Crippen LogP contribution is 2.37. The molecule has 1 aliphatic rings. The van der Waals surface area contributed by atoms with Gasteiger partial charge in [0.2, 0.25) is 0 Å². The van der Waals surface area contributed by atoms with E-state index in [1.54, 1.807) is 19.5 Å². The van der Waals surface area contributed by atoms with Crippen LogP contribution in [-0.2, 0) is 9.47 Å². The first kappa shape index (κ1) is 16.2. The van der Waals surface area contributed by atoms with Gasteiger partial charge in [-0.2, -0.15) is 0 Å². The van der Waals surface area contributed by atoms with E-state index in [2.05, 4.69) is 17.3 Å². The average Bonchev–Trinajstić information content (AvgIpc) is 2.55. The molecular weight excluding hydrogens is 270 g/mol. The Balaban J connectivity index is 2.23. The van der Waals surface area contributed by atoms with Crippen molar-refractivity contribution in [2.45, 2.75) is 37.8 Å². The fraction of sp³-hybridized carbons (Fsp3) is 0.667. The maximum atomic E-state index is 5.82. The van der Waals surface area contributed by atoms with Crippen LogP contribution in [0.25, 0.3) is 0 Å². The lowest BCUT2D eigenvalue weighted by Crippen LogP contribution is -2.51. The number of aromatic nitrogens is 1. The Labute approximate surface area is 125 Å². The summed E-state index contributed by atoms with van der Waals surface area (Å²) in [5.74, 6) is 6.56. The summed E-state index contributed by atoms with van der Waals surface area (Å²) in [7, 11) is 1.72. The summed E-state index contributed by atoms with van der Waals surface area (Å²) in [5.41, 5.74) is 3.48. The first-order valence-electron chi connectivity index (χ1n) is 7.42. The highest BCUT2D eigenvalue weighted by Gasteiger charge is 2.41. The van der Waals surface area contributed by atoms with Crippen LogP contribution in [0.4, 0.5) is 0 Å². The van der Waals surface area contributed by atoms with Crippen molar-refractivity contribution in [2.24, 2.45) is 5.84 Å². The lowest BCUT2D eigenvalue weighted by Gasteiger charge is -2.42. The molecule has 0 spiro atoms. The molecule has 3 N–H and O–H groups in total. The van der Waals surface area contributed by atoms with Gasteiger partial charge < -0.3 is 14.2 Å². The number of pyridine rings is 1. The van der Waals surface area contributed by atoms with E-state index in [0.29, 0.717) is 19.8 Å². The SMILES string of the molecule is CCCOc1cncc(C(NN)C2(OC)CCOCC2)c1. The first-order valence-corrected chi connectivity index (χ1v) is 7.42. The van der Waals surface area contributed by atoms with E-state index >= 15 is 0 Å². The van der Waals surface area contributed by atoms with Crippen molar-refractivity contribution in [2.75, 3.05) is 26.9 Å². The number of rotatable bonds is 7. The number of ether oxygens (including phenoxy) is 3. The lowest BCUT2D eigenvalue weighted by molar-refractivity contribution is -0.111. The van der Waals surface area contributed by atoms with Crippen molar-refractivity contribution in [3.8, 4) is 5.75 Å². The summed E-state index contributed by atoms with van der Waals surface area (Å²) in [4.78, 5) is 4.26. The predicted octanol–water partition coefficient (Wildman–Crippen LogP) is 1.57. The minimum absolute atomic E-state index is 0.149. The van der Waals surface area contributed by atoms with Crippen LogP contribution >= 0.6 is 0 Å². The van der Waals surface area contributed by atoms with Gasteiger partial charge in [0, 0.05) is 39.4 Å². The Morgan fingerprint density at radius 3 is 2.81 bits per heavy atom. The van der Waals surface area contributed by atoms with Gasteiger partial charge >= 0.3 is 0 Å². The monoisotopic (exact) mass is 295 g/mol. The molecule has 1 aliphatic heterocycles. The van der Waals surface area contributed by atoms with E-state index in [-0.39, 0.29) is 11.6 Å². The van der Waals surface area contributed by atoms with Crippen LogP contribution in [0, 0.1) is 0 Å². The molecule has 2 rings (SSSR count). The molecule has 1 atom stereocenters. The first-order chi connectivity index (χ1) is 10.3. The van der Waals surface area contributed by atoms with Crippen LogP contribution in [0.15, 0.2) is 18.5 Å². The molecule has 6 heteroatoms. The van der Waals surface area contributed by atoms with Gasteiger partial charge in [-0.05, 0) is 18.1 Å². The van der Waals surface area contributed by atoms with Crippen molar-refractivity contribution >= 4 is 0 Å². The number of nitrogens with two attached hydrogens (primary N) is 1. The van der Waals surface area contributed by atoms with Gasteiger partial charge in [0.25, 0.3) is 0 Å². The molecule has 0 radical (unpaired) electrons. The molecule has 1 saturated heterocycles. The molecule has 21 heavy (non-hydrogen) atoms. The van der Waals surface area contributed by atoms with Gasteiger partial charge in [-0.1, -0.05) is 6.92 Å². The fourth-order valence-electron chi connectivity index (χ4n) is 2.77. The normalized spacial score (nSPS) is 19.2. The van der Waals surface area contributed by atoms with Crippen LogP contribution in [0.3, 0.4) is 0 Å². The van der Waals surface area contributed by atoms with Gasteiger partial charge in [-0.3, -0.25) is 16.3 Å². The Morgan fingerprint density at radius 1 is 1.43 bits per heavy atom. The molecular formula is C15H25N3O3. The Hall–Kier alpha value is -1.21. The third-order valence-corrected chi connectivity index (χ3v) is 3.98. The number of hydrogen-bond donors (Lipinski definition) is 2. The molecule has 0 amide bonds. The quantitative estimate of drug-likeness (QED) is 0.587. The summed E-state index contributed by atoms with van der Waals surface area (Å²) < 4.78 is 16.9. The maximum Gasteiger partial charge on any atom is 0.137 e. The van der Waals surface area contributed by atoms with Crippen LogP contribution in [0.1, 0.15) is 37.8 Å². The minimum atomic E-state index is -0.377. The predicted molar refractivity (Wildman–Crippen MR) is 79.9 cm³/mol. The molecule has 2 heterocycles. The number of methoxy groups -OCH3 is 1. The summed E-state index contributed by atoms with van der Waals surface area (Å²) in [6.45, 7) is 4.09. The van der Waals surface area contributed by atoms with E-state index in [1.807, 2.05) is 6.07 Å². The third kappa shape index (κ3) is 3.71. The molecule has 0 aliphatic carbocycles. The van der Waals surface area contributed by atoms with E-state index in [1.165, 1.54) is 0 Å². The van der Waals surface area contributed by atoms with E-state index < -0.39 is 0 Å². The molecule has 0 saturated carbocycles. The van der Waals surface area contributed by atoms with Gasteiger partial charge in [-0.25, -0.2) is 0 Å². The Bertz CT molecular complexity index is 436. The fourth-order valence-corrected chi connectivity index (χ4v) is 2.77. The second kappa shape index (κ2) is 7.70. The van der Waals surface area contributed by atoms with Gasteiger partial charge in [0.1, 0.15) is 5.75 Å². The zero-order valence-corrected chi connectivity index (χ0v) is 12.8. The van der Waals surface area contributed by atoms with Crippen molar-refractivity contribution in [3.63, 3.8) is 0 Å². The molecule has 0 aromatic carbocycles. The van der Waals surface area contributed by atoms with Gasteiger partial charge in [0.05, 0.1) is 24.4 Å². The van der Waals surface area contributed by atoms with Crippen LogP contribution in [0.5, 0.6) is 5.75 Å². The topological polar surface area (TPSA) is 78.6 Å². The smallest absolute Gasteiger partial charge is 0.137 e. The minimum Gasteiger partial charge on any atom is -0.492 e. The Morgan fingerprint density at radius 2 is 2.19 bits per heavy atom. The van der Waals surface area contributed by atoms with Crippen molar-refractivity contribution in [1.82, 2.24) is 10.4 Å². The number of nitrogens with zero attached hydrogens (tertiary/aromatic N) is 1. The summed E-state index contributed by atoms with van der Waals surface area (Å²) in [5, 5.41) is 0. The van der Waals surface area contributed by atoms with Gasteiger partial charge in [-0.15, -0.1) is 0 Å². The molecule has 1 unspecified atom stereocenters. The van der Waals surface area contributed by atoms with Crippen LogP contribution < -0.4 is 16.0 Å². The van der Waals surface area contributed by atoms with E-state index in [4.69, 9.17) is 20.1 Å². The van der Waals surface area contributed by atoms with Crippen molar-refractivity contribution in [3.05, 3.63) is 24.0 Å². The summed E-state index contributed by atoms with van der Waals surface area (Å²) in [6, 6.07) is 1.83. The number of hydrazine groups is 1. The molecule has 1 aromatic rings. The standard InChI is InChI=1S/C15H25N3O3/c1-3-6-21-13-9-12(10-17-11-13)14(18-16)15(19-2)4-7-20-8-5-15/h9-11,14,18H,3-8,16H2,1-2H3. The van der Waals surface area contributed by atoms with Crippen LogP contribution in [0.2, 0.25) is 0 Å². The molecule has 1 aromatic heterocycles. The zero-order valence-electron chi connectivity index (χ0n) is 12.8. The third-order valence-electron chi connectivity index (χ3n) is 3.98. The average molecular weight is 295 g/mol. The Kier molecular flexibility index (Phi) is 5.93. The van der Waals surface area contributed by atoms with E-state index in [0.717, 1.165) is 30.6 Å². The van der Waals surface area contributed by atoms with Crippen molar-refractivity contribution in [1.29, 1.82) is 0 Å². The molecule has 118 valence electrons. The largest absolute Gasteiger partial charge is 0.492 e. The van der Waals surface area contributed by atoms with Crippen molar-refractivity contribution < 1.29 is 14.2 Å². The van der Waals surface area contributed by atoms with Crippen LogP contribution in [-0.4, -0.2) is 37.5 Å². The second-order valence-corrected chi connectivity index (χ2v) is 5.28. The van der Waals surface area contributed by atoms with Gasteiger partial charge in [0.15, 0.2) is 0 Å². The maximum absolute atomic E-state index is 5.82. The molecule has 1 fully saturated rings. The summed E-state index contributed by atoms with van der Waals surface area (Å²) >= 11 is 0. The molecule has 0 bridgehead atoms.